The van der Waals surface area contributed by atoms with Crippen molar-refractivity contribution in [3.63, 3.8) is 0 Å². The molecule has 176 valence electrons. The van der Waals surface area contributed by atoms with Crippen LogP contribution in [0.2, 0.25) is 0 Å². The lowest BCUT2D eigenvalue weighted by Gasteiger charge is -2.14. The van der Waals surface area contributed by atoms with Gasteiger partial charge >= 0.3 is 0 Å². The summed E-state index contributed by atoms with van der Waals surface area (Å²) in [5, 5.41) is 4.16. The second-order valence-electron chi connectivity index (χ2n) is 7.40. The molecule has 6 nitrogen and oxygen atoms in total. The maximum absolute atomic E-state index is 12.8. The van der Waals surface area contributed by atoms with Gasteiger partial charge in [0, 0.05) is 38.1 Å². The number of carbonyl (C=O) groups is 1. The molecule has 0 spiro atoms. The first-order chi connectivity index (χ1) is 16.5. The Balaban J connectivity index is 1.48. The van der Waals surface area contributed by atoms with Gasteiger partial charge in [-0.15, -0.1) is 11.8 Å². The largest absolute Gasteiger partial charge is 0.493 e. The number of carbonyl (C=O) groups excluding carboxylic acids is 1. The second-order valence-corrected chi connectivity index (χ2v) is 9.42. The summed E-state index contributed by atoms with van der Waals surface area (Å²) < 4.78 is 17.1. The zero-order chi connectivity index (χ0) is 24.1. The molecule has 0 saturated carbocycles. The minimum absolute atomic E-state index is 0.202. The average molecular weight is 541 g/mol. The van der Waals surface area contributed by atoms with Crippen LogP contribution in [0.5, 0.6) is 17.2 Å². The van der Waals surface area contributed by atoms with Crippen molar-refractivity contribution in [2.24, 2.45) is 0 Å². The Morgan fingerprint density at radius 1 is 0.971 bits per heavy atom. The fraction of sp³-hybridized carbons (Fsp3) is 0.192. The highest BCUT2D eigenvalue weighted by molar-refractivity contribution is 9.10. The summed E-state index contributed by atoms with van der Waals surface area (Å²) in [6.07, 6.45) is 0. The van der Waals surface area contributed by atoms with E-state index < -0.39 is 0 Å². The fourth-order valence-electron chi connectivity index (χ4n) is 3.72. The lowest BCUT2D eigenvalue weighted by Crippen LogP contribution is -2.25. The second kappa shape index (κ2) is 10.9. The molecule has 0 atom stereocenters. The van der Waals surface area contributed by atoms with Crippen LogP contribution < -0.4 is 19.5 Å². The quantitative estimate of drug-likeness (QED) is 0.197. The van der Waals surface area contributed by atoms with E-state index in [1.807, 2.05) is 24.3 Å². The van der Waals surface area contributed by atoms with E-state index in [-0.39, 0.29) is 5.91 Å². The molecule has 0 aliphatic heterocycles. The van der Waals surface area contributed by atoms with Crippen LogP contribution in [-0.4, -0.2) is 44.5 Å². The number of hydrogen-bond donors (Lipinski definition) is 2. The Morgan fingerprint density at radius 3 is 2.29 bits per heavy atom. The number of halogens is 1. The zero-order valence-corrected chi connectivity index (χ0v) is 21.5. The van der Waals surface area contributed by atoms with E-state index in [0.717, 1.165) is 21.2 Å². The molecule has 0 aliphatic rings. The summed E-state index contributed by atoms with van der Waals surface area (Å²) in [5.41, 5.74) is 3.73. The van der Waals surface area contributed by atoms with Gasteiger partial charge in [-0.1, -0.05) is 46.3 Å². The number of methoxy groups -OCH3 is 3. The molecule has 0 saturated heterocycles. The SMILES string of the molecule is COc1cc(C(=O)NCCSc2c(-c3ccc(Br)cc3)[nH]c3ccccc23)cc(OC)c1OC. The Labute approximate surface area is 211 Å². The third kappa shape index (κ3) is 5.03. The number of fused-ring (bicyclic) bond motifs is 1. The van der Waals surface area contributed by atoms with Gasteiger partial charge in [-0.2, -0.15) is 0 Å². The number of para-hydroxylation sites is 1. The molecule has 1 aromatic heterocycles. The average Bonchev–Trinajstić information content (AvgIpc) is 3.24. The number of benzene rings is 3. The van der Waals surface area contributed by atoms with Crippen molar-refractivity contribution >= 4 is 44.5 Å². The first-order valence-corrected chi connectivity index (χ1v) is 12.4. The maximum Gasteiger partial charge on any atom is 0.251 e. The number of ether oxygens (including phenoxy) is 3. The lowest BCUT2D eigenvalue weighted by atomic mass is 10.1. The topological polar surface area (TPSA) is 72.6 Å². The number of thioether (sulfide) groups is 1. The number of H-pyrrole nitrogens is 1. The summed E-state index contributed by atoms with van der Waals surface area (Å²) in [6.45, 7) is 0.499. The predicted molar refractivity (Wildman–Crippen MR) is 141 cm³/mol. The van der Waals surface area contributed by atoms with Gasteiger partial charge in [0.15, 0.2) is 11.5 Å². The van der Waals surface area contributed by atoms with Crippen molar-refractivity contribution in [2.45, 2.75) is 4.90 Å². The van der Waals surface area contributed by atoms with Gasteiger partial charge < -0.3 is 24.5 Å². The van der Waals surface area contributed by atoms with Gasteiger partial charge in [-0.3, -0.25) is 4.79 Å². The monoisotopic (exact) mass is 540 g/mol. The summed E-state index contributed by atoms with van der Waals surface area (Å²) in [5.74, 6) is 1.85. The summed E-state index contributed by atoms with van der Waals surface area (Å²) >= 11 is 5.22. The molecule has 34 heavy (non-hydrogen) atoms. The van der Waals surface area contributed by atoms with Crippen LogP contribution >= 0.6 is 27.7 Å². The molecule has 0 aliphatic carbocycles. The molecule has 3 aromatic carbocycles. The first kappa shape index (κ1) is 24.0. The minimum Gasteiger partial charge on any atom is -0.493 e. The van der Waals surface area contributed by atoms with Crippen molar-refractivity contribution in [2.75, 3.05) is 33.6 Å². The standard InChI is InChI=1S/C26H25BrN2O4S/c1-31-21-14-17(15-22(32-2)24(21)33-3)26(30)28-12-13-34-25-19-6-4-5-7-20(19)29-23(25)16-8-10-18(27)11-9-16/h4-11,14-15,29H,12-13H2,1-3H3,(H,28,30). The molecule has 4 rings (SSSR count). The van der Waals surface area contributed by atoms with Gasteiger partial charge in [-0.05, 0) is 35.9 Å². The molecule has 0 bridgehead atoms. The van der Waals surface area contributed by atoms with Crippen LogP contribution in [0, 0.1) is 0 Å². The first-order valence-electron chi connectivity index (χ1n) is 10.6. The molecular formula is C26H25BrN2O4S. The van der Waals surface area contributed by atoms with E-state index in [1.165, 1.54) is 31.6 Å². The smallest absolute Gasteiger partial charge is 0.251 e. The Kier molecular flexibility index (Phi) is 7.70. The third-order valence-corrected chi connectivity index (χ3v) is 7.00. The van der Waals surface area contributed by atoms with Gasteiger partial charge in [0.2, 0.25) is 5.75 Å². The van der Waals surface area contributed by atoms with E-state index in [4.69, 9.17) is 14.2 Å². The van der Waals surface area contributed by atoms with Gasteiger partial charge in [0.05, 0.1) is 27.0 Å². The number of amides is 1. The maximum atomic E-state index is 12.8. The van der Waals surface area contributed by atoms with E-state index in [0.29, 0.717) is 35.1 Å². The zero-order valence-electron chi connectivity index (χ0n) is 19.1. The highest BCUT2D eigenvalue weighted by Gasteiger charge is 2.17. The van der Waals surface area contributed by atoms with E-state index in [1.54, 1.807) is 23.9 Å². The van der Waals surface area contributed by atoms with Crippen molar-refractivity contribution in [3.05, 3.63) is 70.7 Å². The van der Waals surface area contributed by atoms with Crippen LogP contribution in [0.3, 0.4) is 0 Å². The van der Waals surface area contributed by atoms with Crippen molar-refractivity contribution in [1.29, 1.82) is 0 Å². The highest BCUT2D eigenvalue weighted by Crippen LogP contribution is 2.39. The van der Waals surface area contributed by atoms with Gasteiger partial charge in [0.25, 0.3) is 5.91 Å². The molecule has 0 radical (unpaired) electrons. The van der Waals surface area contributed by atoms with Crippen molar-refractivity contribution in [1.82, 2.24) is 10.3 Å². The summed E-state index contributed by atoms with van der Waals surface area (Å²) in [7, 11) is 4.59. The van der Waals surface area contributed by atoms with Crippen LogP contribution in [0.15, 0.2) is 70.0 Å². The molecule has 0 fully saturated rings. The molecule has 4 aromatic rings. The van der Waals surface area contributed by atoms with Crippen LogP contribution in [0.1, 0.15) is 10.4 Å². The minimum atomic E-state index is -0.202. The summed E-state index contributed by atoms with van der Waals surface area (Å²) in [4.78, 5) is 17.5. The number of aromatic nitrogens is 1. The number of rotatable bonds is 9. The predicted octanol–water partition coefficient (Wildman–Crippen LogP) is 6.15. The van der Waals surface area contributed by atoms with Crippen LogP contribution in [0.4, 0.5) is 0 Å². The Morgan fingerprint density at radius 2 is 1.65 bits per heavy atom. The van der Waals surface area contributed by atoms with Crippen LogP contribution in [-0.2, 0) is 0 Å². The molecule has 0 unspecified atom stereocenters. The number of aromatic amines is 1. The van der Waals surface area contributed by atoms with E-state index >= 15 is 0 Å². The van der Waals surface area contributed by atoms with E-state index in [9.17, 15) is 4.79 Å². The fourth-order valence-corrected chi connectivity index (χ4v) is 5.04. The molecular weight excluding hydrogens is 516 g/mol. The molecule has 2 N–H and O–H groups in total. The molecule has 1 heterocycles. The number of hydrogen-bond acceptors (Lipinski definition) is 5. The Hall–Kier alpha value is -3.10. The third-order valence-electron chi connectivity index (χ3n) is 5.35. The summed E-state index contributed by atoms with van der Waals surface area (Å²) in [6, 6.07) is 19.8. The normalized spacial score (nSPS) is 10.8. The lowest BCUT2D eigenvalue weighted by molar-refractivity contribution is 0.0955. The van der Waals surface area contributed by atoms with Gasteiger partial charge in [0.1, 0.15) is 0 Å². The Bertz CT molecular complexity index is 1280. The molecule has 8 heteroatoms. The molecule has 1 amide bonds. The van der Waals surface area contributed by atoms with E-state index in [2.05, 4.69) is 50.5 Å². The highest BCUT2D eigenvalue weighted by atomic mass is 79.9. The van der Waals surface area contributed by atoms with Crippen LogP contribution in [0.25, 0.3) is 22.2 Å². The number of nitrogens with one attached hydrogen (secondary N) is 2. The van der Waals surface area contributed by atoms with Crippen molar-refractivity contribution < 1.29 is 19.0 Å². The van der Waals surface area contributed by atoms with Gasteiger partial charge in [-0.25, -0.2) is 0 Å². The van der Waals surface area contributed by atoms with Crippen molar-refractivity contribution in [3.8, 4) is 28.5 Å².